The highest BCUT2D eigenvalue weighted by atomic mass is 16.5. The number of carboxylic acids is 1. The van der Waals surface area contributed by atoms with Crippen LogP contribution in [0.4, 0.5) is 0 Å². The lowest BCUT2D eigenvalue weighted by Gasteiger charge is -2.18. The molecule has 1 aromatic carbocycles. The lowest BCUT2D eigenvalue weighted by atomic mass is 10.0. The topological polar surface area (TPSA) is 75.6 Å². The van der Waals surface area contributed by atoms with E-state index in [-0.39, 0.29) is 11.8 Å². The first-order chi connectivity index (χ1) is 8.95. The van der Waals surface area contributed by atoms with Gasteiger partial charge < -0.3 is 15.2 Å². The average molecular weight is 265 g/mol. The summed E-state index contributed by atoms with van der Waals surface area (Å²) >= 11 is 0. The normalized spacial score (nSPS) is 12.2. The molecular weight excluding hydrogens is 246 g/mol. The van der Waals surface area contributed by atoms with Crippen LogP contribution in [0.25, 0.3) is 0 Å². The van der Waals surface area contributed by atoms with Gasteiger partial charge in [-0.05, 0) is 23.6 Å². The van der Waals surface area contributed by atoms with E-state index in [1.54, 1.807) is 39.2 Å². The molecular formula is C14H19NO4. The smallest absolute Gasteiger partial charge is 0.326 e. The maximum absolute atomic E-state index is 12.0. The minimum Gasteiger partial charge on any atom is -0.480 e. The quantitative estimate of drug-likeness (QED) is 0.820. The molecule has 5 nitrogen and oxygen atoms in total. The number of nitrogens with one attached hydrogen (secondary N) is 1. The van der Waals surface area contributed by atoms with Crippen molar-refractivity contribution >= 4 is 11.9 Å². The summed E-state index contributed by atoms with van der Waals surface area (Å²) in [6, 6.07) is 6.04. The van der Waals surface area contributed by atoms with Gasteiger partial charge in [0, 0.05) is 12.7 Å². The SMILES string of the molecule is COCc1cccc(C(=O)N[C@@H](C(=O)O)C(C)C)c1. The van der Waals surface area contributed by atoms with Gasteiger partial charge in [0.2, 0.25) is 0 Å². The molecule has 0 aliphatic rings. The van der Waals surface area contributed by atoms with E-state index in [4.69, 9.17) is 9.84 Å². The molecule has 0 saturated heterocycles. The highest BCUT2D eigenvalue weighted by Gasteiger charge is 2.23. The molecule has 1 amide bonds. The van der Waals surface area contributed by atoms with Crippen LogP contribution < -0.4 is 5.32 Å². The number of hydrogen-bond acceptors (Lipinski definition) is 3. The van der Waals surface area contributed by atoms with Gasteiger partial charge in [0.15, 0.2) is 0 Å². The Kier molecular flexibility index (Phi) is 5.51. The van der Waals surface area contributed by atoms with Gasteiger partial charge in [0.05, 0.1) is 6.61 Å². The van der Waals surface area contributed by atoms with Crippen molar-refractivity contribution in [1.29, 1.82) is 0 Å². The van der Waals surface area contributed by atoms with Crippen molar-refractivity contribution in [1.82, 2.24) is 5.32 Å². The molecule has 0 bridgehead atoms. The van der Waals surface area contributed by atoms with Crippen LogP contribution in [-0.2, 0) is 16.1 Å². The summed E-state index contributed by atoms with van der Waals surface area (Å²) < 4.78 is 4.99. The molecule has 0 aliphatic carbocycles. The summed E-state index contributed by atoms with van der Waals surface area (Å²) in [6.45, 7) is 3.91. The molecule has 104 valence electrons. The Morgan fingerprint density at radius 3 is 2.58 bits per heavy atom. The van der Waals surface area contributed by atoms with E-state index < -0.39 is 12.0 Å². The van der Waals surface area contributed by atoms with Crippen LogP contribution in [0.1, 0.15) is 29.8 Å². The Morgan fingerprint density at radius 2 is 2.05 bits per heavy atom. The fourth-order valence-electron chi connectivity index (χ4n) is 1.71. The number of carbonyl (C=O) groups excluding carboxylic acids is 1. The van der Waals surface area contributed by atoms with Gasteiger partial charge in [-0.1, -0.05) is 26.0 Å². The third-order valence-electron chi connectivity index (χ3n) is 2.72. The Hall–Kier alpha value is -1.88. The minimum atomic E-state index is -1.03. The number of aliphatic carboxylic acids is 1. The van der Waals surface area contributed by atoms with Crippen LogP contribution >= 0.6 is 0 Å². The molecule has 5 heteroatoms. The number of rotatable bonds is 6. The van der Waals surface area contributed by atoms with Crippen molar-refractivity contribution in [2.75, 3.05) is 7.11 Å². The highest BCUT2D eigenvalue weighted by molar-refractivity contribution is 5.96. The molecule has 0 aliphatic heterocycles. The largest absolute Gasteiger partial charge is 0.480 e. The number of carboxylic acid groups (broad SMARTS) is 1. The molecule has 1 atom stereocenters. The monoisotopic (exact) mass is 265 g/mol. The zero-order chi connectivity index (χ0) is 14.4. The maximum Gasteiger partial charge on any atom is 0.326 e. The average Bonchev–Trinajstić information content (AvgIpc) is 2.35. The molecule has 0 radical (unpaired) electrons. The van der Waals surface area contributed by atoms with E-state index >= 15 is 0 Å². The Labute approximate surface area is 112 Å². The maximum atomic E-state index is 12.0. The zero-order valence-corrected chi connectivity index (χ0v) is 11.3. The second-order valence-corrected chi connectivity index (χ2v) is 4.67. The van der Waals surface area contributed by atoms with Crippen LogP contribution in [0, 0.1) is 5.92 Å². The van der Waals surface area contributed by atoms with Crippen LogP contribution in [0.15, 0.2) is 24.3 Å². The van der Waals surface area contributed by atoms with Gasteiger partial charge in [-0.2, -0.15) is 0 Å². The molecule has 0 heterocycles. The fraction of sp³-hybridized carbons (Fsp3) is 0.429. The van der Waals surface area contributed by atoms with E-state index in [9.17, 15) is 9.59 Å². The van der Waals surface area contributed by atoms with Crippen molar-refractivity contribution in [3.8, 4) is 0 Å². The van der Waals surface area contributed by atoms with Gasteiger partial charge in [-0.3, -0.25) is 4.79 Å². The van der Waals surface area contributed by atoms with Gasteiger partial charge in [-0.25, -0.2) is 4.79 Å². The van der Waals surface area contributed by atoms with Gasteiger partial charge in [0.1, 0.15) is 6.04 Å². The van der Waals surface area contributed by atoms with Crippen molar-refractivity contribution in [2.24, 2.45) is 5.92 Å². The second-order valence-electron chi connectivity index (χ2n) is 4.67. The Bertz CT molecular complexity index is 457. The van der Waals surface area contributed by atoms with E-state index in [1.165, 1.54) is 0 Å². The molecule has 1 aromatic rings. The van der Waals surface area contributed by atoms with E-state index in [2.05, 4.69) is 5.32 Å². The summed E-state index contributed by atoms with van der Waals surface area (Å²) in [5.74, 6) is -1.60. The summed E-state index contributed by atoms with van der Waals surface area (Å²) in [6.07, 6.45) is 0. The summed E-state index contributed by atoms with van der Waals surface area (Å²) in [5.41, 5.74) is 1.30. The lowest BCUT2D eigenvalue weighted by Crippen LogP contribution is -2.44. The van der Waals surface area contributed by atoms with E-state index in [0.717, 1.165) is 5.56 Å². The predicted octanol–water partition coefficient (Wildman–Crippen LogP) is 1.67. The van der Waals surface area contributed by atoms with Gasteiger partial charge >= 0.3 is 5.97 Å². The summed E-state index contributed by atoms with van der Waals surface area (Å²) in [7, 11) is 1.58. The first-order valence-electron chi connectivity index (χ1n) is 6.07. The Balaban J connectivity index is 2.82. The summed E-state index contributed by atoms with van der Waals surface area (Å²) in [4.78, 5) is 23.0. The van der Waals surface area contributed by atoms with Crippen molar-refractivity contribution < 1.29 is 19.4 Å². The fourth-order valence-corrected chi connectivity index (χ4v) is 1.71. The van der Waals surface area contributed by atoms with Crippen LogP contribution in [0.3, 0.4) is 0 Å². The Morgan fingerprint density at radius 1 is 1.37 bits per heavy atom. The zero-order valence-electron chi connectivity index (χ0n) is 11.3. The molecule has 2 N–H and O–H groups in total. The number of benzene rings is 1. The van der Waals surface area contributed by atoms with E-state index in [1.807, 2.05) is 6.07 Å². The molecule has 0 unspecified atom stereocenters. The van der Waals surface area contributed by atoms with Gasteiger partial charge in [0.25, 0.3) is 5.91 Å². The van der Waals surface area contributed by atoms with Crippen molar-refractivity contribution in [3.63, 3.8) is 0 Å². The van der Waals surface area contributed by atoms with Crippen molar-refractivity contribution in [2.45, 2.75) is 26.5 Å². The minimum absolute atomic E-state index is 0.177. The van der Waals surface area contributed by atoms with Crippen molar-refractivity contribution in [3.05, 3.63) is 35.4 Å². The number of ether oxygens (including phenoxy) is 1. The third-order valence-corrected chi connectivity index (χ3v) is 2.72. The van der Waals surface area contributed by atoms with Crippen LogP contribution in [0.5, 0.6) is 0 Å². The van der Waals surface area contributed by atoms with Gasteiger partial charge in [-0.15, -0.1) is 0 Å². The number of methoxy groups -OCH3 is 1. The number of hydrogen-bond donors (Lipinski definition) is 2. The molecule has 0 spiro atoms. The predicted molar refractivity (Wildman–Crippen MR) is 70.9 cm³/mol. The number of carbonyl (C=O) groups is 2. The standard InChI is InChI=1S/C14H19NO4/c1-9(2)12(14(17)18)15-13(16)11-6-4-5-10(7-11)8-19-3/h4-7,9,12H,8H2,1-3H3,(H,15,16)(H,17,18)/t12-/m1/s1. The molecule has 1 rings (SSSR count). The molecule has 19 heavy (non-hydrogen) atoms. The first kappa shape index (κ1) is 15.2. The third kappa shape index (κ3) is 4.37. The molecule has 0 aromatic heterocycles. The first-order valence-corrected chi connectivity index (χ1v) is 6.07. The van der Waals surface area contributed by atoms with E-state index in [0.29, 0.717) is 12.2 Å². The van der Waals surface area contributed by atoms with Crippen LogP contribution in [-0.4, -0.2) is 30.1 Å². The van der Waals surface area contributed by atoms with Crippen LogP contribution in [0.2, 0.25) is 0 Å². The molecule has 0 fully saturated rings. The number of amides is 1. The molecule has 0 saturated carbocycles. The summed E-state index contributed by atoms with van der Waals surface area (Å²) in [5, 5.41) is 11.6. The lowest BCUT2D eigenvalue weighted by molar-refractivity contribution is -0.140. The highest BCUT2D eigenvalue weighted by Crippen LogP contribution is 2.08. The second kappa shape index (κ2) is 6.89.